The van der Waals surface area contributed by atoms with Crippen molar-refractivity contribution in [3.63, 3.8) is 0 Å². The first kappa shape index (κ1) is 43.3. The Bertz CT molecular complexity index is 719. The Hall–Kier alpha value is 3.89. The van der Waals surface area contributed by atoms with Gasteiger partial charge in [0.25, 0.3) is 0 Å². The van der Waals surface area contributed by atoms with Gasteiger partial charge in [0, 0.05) is 0 Å². The standard InChI is InChI=1S/2C12H28NP2Se2.Ni/c2*1-9(2)14(16,10(3)4)13-15(17,11(5)6)12(7)8;/h2*9-12H,1-8H3;/q2*-1;+2. The Kier molecular flexibility index (Phi) is 22.0. The second-order valence-corrected chi connectivity index (χ2v) is 41.4. The van der Waals surface area contributed by atoms with Crippen LogP contribution < -0.4 is 0 Å². The minimum atomic E-state index is -1.32. The van der Waals surface area contributed by atoms with Crippen LogP contribution in [-0.2, 0) is 16.5 Å². The summed E-state index contributed by atoms with van der Waals surface area (Å²) < 4.78 is 10.9. The number of hydrogen-bond donors (Lipinski definition) is 0. The molecule has 0 rings (SSSR count). The number of rotatable bonds is 10. The molecule has 216 valence electrons. The molecule has 0 aliphatic carbocycles. The van der Waals surface area contributed by atoms with Gasteiger partial charge in [-0.15, -0.1) is 0 Å². The Morgan fingerprint density at radius 1 is 0.400 bits per heavy atom. The van der Waals surface area contributed by atoms with Crippen LogP contribution in [0.4, 0.5) is 0 Å². The van der Waals surface area contributed by atoms with E-state index in [1.54, 1.807) is 0 Å². The molecule has 0 aromatic heterocycles. The molecule has 0 fully saturated rings. The van der Waals surface area contributed by atoms with Crippen molar-refractivity contribution in [3.8, 4) is 0 Å². The van der Waals surface area contributed by atoms with Crippen LogP contribution >= 0.6 is 22.8 Å². The summed E-state index contributed by atoms with van der Waals surface area (Å²) in [6.07, 6.45) is 0. The monoisotopic (exact) mass is 874 g/mol. The third-order valence-electron chi connectivity index (χ3n) is 6.48. The minimum Gasteiger partial charge on any atom is 2.00 e. The maximum absolute atomic E-state index is 5.45. The van der Waals surface area contributed by atoms with Crippen LogP contribution in [0.15, 0.2) is 9.03 Å². The van der Waals surface area contributed by atoms with E-state index < -0.39 is 22.8 Å². The molecule has 0 aliphatic heterocycles. The Morgan fingerprint density at radius 2 is 0.543 bits per heavy atom. The number of nitrogens with zero attached hydrogens (tertiary/aromatic N) is 2. The number of hydrogen-bond acceptors (Lipinski definition) is 2. The maximum atomic E-state index is 5.45. The molecule has 0 spiro atoms. The van der Waals surface area contributed by atoms with Gasteiger partial charge in [-0.3, -0.25) is 0 Å². The summed E-state index contributed by atoms with van der Waals surface area (Å²) in [5.74, 6) is -2.65. The molecule has 0 aromatic carbocycles. The van der Waals surface area contributed by atoms with Crippen LogP contribution in [0, 0.1) is 0 Å². The molecule has 0 heterocycles. The van der Waals surface area contributed by atoms with E-state index in [-0.39, 0.29) is 16.5 Å². The summed E-state index contributed by atoms with van der Waals surface area (Å²) in [6, 6.07) is 0. The van der Waals surface area contributed by atoms with Crippen molar-refractivity contribution in [3.05, 3.63) is 0 Å². The van der Waals surface area contributed by atoms with E-state index in [0.717, 1.165) is 0 Å². The average molecular weight is 871 g/mol. The van der Waals surface area contributed by atoms with E-state index in [9.17, 15) is 0 Å². The van der Waals surface area contributed by atoms with Crippen molar-refractivity contribution in [1.82, 2.24) is 0 Å². The summed E-state index contributed by atoms with van der Waals surface area (Å²) in [4.78, 5) is 0. The Balaban J connectivity index is -0.000000569. The third kappa shape index (κ3) is 12.0. The predicted octanol–water partition coefficient (Wildman–Crippen LogP) is 9.84. The van der Waals surface area contributed by atoms with Gasteiger partial charge in [-0.25, -0.2) is 0 Å². The molecule has 0 bridgehead atoms. The van der Waals surface area contributed by atoms with E-state index in [1.165, 1.54) is 0 Å². The van der Waals surface area contributed by atoms with Gasteiger partial charge in [0.2, 0.25) is 0 Å². The quantitative estimate of drug-likeness (QED) is 0.154. The zero-order valence-electron chi connectivity index (χ0n) is 25.3. The van der Waals surface area contributed by atoms with Gasteiger partial charge in [-0.05, 0) is 0 Å². The maximum Gasteiger partial charge on any atom is 2.00 e. The summed E-state index contributed by atoms with van der Waals surface area (Å²) >= 11 is 14.0. The van der Waals surface area contributed by atoms with Gasteiger partial charge in [0.05, 0.1) is 0 Å². The van der Waals surface area contributed by atoms with E-state index in [1.807, 2.05) is 0 Å². The van der Waals surface area contributed by atoms with Crippen LogP contribution in [0.2, 0.25) is 0 Å². The molecule has 0 aromatic rings. The van der Waals surface area contributed by atoms with Crippen LogP contribution in [0.5, 0.6) is 0 Å². The van der Waals surface area contributed by atoms with Gasteiger partial charge in [-0.1, -0.05) is 0 Å². The fraction of sp³-hybridized carbons (Fsp3) is 1.00. The van der Waals surface area contributed by atoms with Gasteiger partial charge < -0.3 is 0 Å². The summed E-state index contributed by atoms with van der Waals surface area (Å²) in [6.45, 7) is 37.1. The van der Waals surface area contributed by atoms with Crippen LogP contribution in [0.3, 0.4) is 0 Å². The van der Waals surface area contributed by atoms with Gasteiger partial charge in [-0.2, -0.15) is 0 Å². The Morgan fingerprint density at radius 3 is 0.629 bits per heavy atom. The molecule has 0 saturated carbocycles. The molecule has 0 amide bonds. The molecule has 0 aliphatic rings. The predicted molar refractivity (Wildman–Crippen MR) is 177 cm³/mol. The molecule has 0 N–H and O–H groups in total. The first-order valence-corrected chi connectivity index (χ1v) is 29.2. The van der Waals surface area contributed by atoms with Crippen molar-refractivity contribution >= 4 is 84.1 Å². The van der Waals surface area contributed by atoms with Crippen LogP contribution in [0.1, 0.15) is 111 Å². The molecule has 2 nitrogen and oxygen atoms in total. The summed E-state index contributed by atoms with van der Waals surface area (Å²) in [5.41, 5.74) is 2.52. The fourth-order valence-electron chi connectivity index (χ4n) is 3.65. The second kappa shape index (κ2) is 17.8. The largest absolute Gasteiger partial charge is 2.00 e. The van der Waals surface area contributed by atoms with Crippen molar-refractivity contribution in [1.29, 1.82) is 0 Å². The van der Waals surface area contributed by atoms with Crippen LogP contribution in [0.25, 0.3) is 0 Å². The second-order valence-electron chi connectivity index (χ2n) is 11.6. The topological polar surface area (TPSA) is 24.7 Å². The zero-order chi connectivity index (χ0) is 28.0. The average Bonchev–Trinajstić information content (AvgIpc) is 2.66. The van der Waals surface area contributed by atoms with E-state index in [2.05, 4.69) is 172 Å². The SMILES string of the molecule is CC(C)P(=[Se])(N=P([Se-])(C(C)C)C(C)C)C(C)C.CC(C)P(=[Se])(N=P([Se-])(C(C)C)C(C)C)C(C)C.[Ni+2]. The minimum absolute atomic E-state index is 0. The van der Waals surface area contributed by atoms with Crippen molar-refractivity contribution in [2.45, 2.75) is 156 Å². The van der Waals surface area contributed by atoms with E-state index in [0.29, 0.717) is 45.3 Å². The molecule has 0 atom stereocenters. The molecular formula is C24H56N2NiP4Se4. The smallest absolute Gasteiger partial charge is 2.00 e. The van der Waals surface area contributed by atoms with Crippen molar-refractivity contribution in [2.75, 3.05) is 0 Å². The van der Waals surface area contributed by atoms with Crippen LogP contribution in [-0.4, -0.2) is 107 Å². The summed E-state index contributed by atoms with van der Waals surface area (Å²) in [7, 11) is 0. The molecular weight excluding hydrogens is 815 g/mol. The third-order valence-corrected chi connectivity index (χ3v) is 49.5. The van der Waals surface area contributed by atoms with E-state index >= 15 is 0 Å². The zero-order valence-corrected chi connectivity index (χ0v) is 36.7. The summed E-state index contributed by atoms with van der Waals surface area (Å²) in [5, 5.41) is 0. The fourth-order valence-corrected chi connectivity index (χ4v) is 31.9. The first-order valence-electron chi connectivity index (χ1n) is 12.8. The molecule has 0 saturated heterocycles. The molecule has 35 heavy (non-hydrogen) atoms. The van der Waals surface area contributed by atoms with Crippen molar-refractivity contribution in [2.24, 2.45) is 9.03 Å². The van der Waals surface area contributed by atoms with Crippen molar-refractivity contribution < 1.29 is 16.5 Å². The van der Waals surface area contributed by atoms with E-state index in [4.69, 9.17) is 9.03 Å². The molecule has 0 unspecified atom stereocenters. The van der Waals surface area contributed by atoms with Gasteiger partial charge >= 0.3 is 266 Å². The van der Waals surface area contributed by atoms with Gasteiger partial charge in [0.1, 0.15) is 0 Å². The first-order chi connectivity index (χ1) is 15.0. The van der Waals surface area contributed by atoms with Gasteiger partial charge in [0.15, 0.2) is 0 Å². The molecule has 11 heteroatoms. The normalized spacial score (nSPS) is 13.8. The molecule has 0 radical (unpaired) electrons. The Labute approximate surface area is 263 Å².